The summed E-state index contributed by atoms with van der Waals surface area (Å²) in [5.41, 5.74) is 6.79. The first-order valence-electron chi connectivity index (χ1n) is 6.07. The van der Waals surface area contributed by atoms with Gasteiger partial charge in [0.25, 0.3) is 0 Å². The van der Waals surface area contributed by atoms with Crippen molar-refractivity contribution >= 4 is 40.9 Å². The molecule has 1 aromatic carbocycles. The molecule has 0 aliphatic carbocycles. The van der Waals surface area contributed by atoms with Crippen LogP contribution in [0.25, 0.3) is 0 Å². The van der Waals surface area contributed by atoms with Gasteiger partial charge in [-0.05, 0) is 31.5 Å². The minimum Gasteiger partial charge on any atom is -0.370 e. The predicted octanol–water partition coefficient (Wildman–Crippen LogP) is 3.54. The van der Waals surface area contributed by atoms with Crippen molar-refractivity contribution in [1.29, 1.82) is 0 Å². The number of nitrogens with one attached hydrogen (secondary N) is 1. The fourth-order valence-electron chi connectivity index (χ4n) is 1.39. The lowest BCUT2D eigenvalue weighted by Gasteiger charge is -2.08. The highest BCUT2D eigenvalue weighted by atomic mass is 35.5. The van der Waals surface area contributed by atoms with Gasteiger partial charge in [-0.3, -0.25) is 4.99 Å². The van der Waals surface area contributed by atoms with E-state index in [1.54, 1.807) is 17.8 Å². The Morgan fingerprint density at radius 2 is 2.16 bits per heavy atom. The predicted molar refractivity (Wildman–Crippen MR) is 87.4 cm³/mol. The lowest BCUT2D eigenvalue weighted by molar-refractivity contribution is 0.725. The molecule has 0 fully saturated rings. The molecule has 19 heavy (non-hydrogen) atoms. The number of rotatable bonds is 6. The van der Waals surface area contributed by atoms with Crippen molar-refractivity contribution in [2.45, 2.75) is 25.6 Å². The maximum absolute atomic E-state index is 6.09. The van der Waals surface area contributed by atoms with Gasteiger partial charge in [-0.25, -0.2) is 0 Å². The summed E-state index contributed by atoms with van der Waals surface area (Å²) in [6, 6.07) is 5.88. The molecule has 1 rings (SSSR count). The van der Waals surface area contributed by atoms with E-state index in [-0.39, 0.29) is 0 Å². The summed E-state index contributed by atoms with van der Waals surface area (Å²) >= 11 is 13.7. The summed E-state index contributed by atoms with van der Waals surface area (Å²) in [7, 11) is 0. The molecule has 0 atom stereocenters. The van der Waals surface area contributed by atoms with Crippen LogP contribution in [0.4, 0.5) is 0 Å². The molecule has 3 N–H and O–H groups in total. The highest BCUT2D eigenvalue weighted by Gasteiger charge is 2.01. The number of guanidine groups is 1. The van der Waals surface area contributed by atoms with Gasteiger partial charge in [-0.15, -0.1) is 0 Å². The van der Waals surface area contributed by atoms with Crippen LogP contribution < -0.4 is 11.1 Å². The molecular formula is C13H19Cl2N3S. The zero-order valence-corrected chi connectivity index (χ0v) is 13.4. The monoisotopic (exact) mass is 319 g/mol. The highest BCUT2D eigenvalue weighted by Crippen LogP contribution is 2.24. The zero-order chi connectivity index (χ0) is 14.3. The summed E-state index contributed by atoms with van der Waals surface area (Å²) in [5, 5.41) is 4.42. The van der Waals surface area contributed by atoms with E-state index in [2.05, 4.69) is 10.3 Å². The third-order valence-corrected chi connectivity index (χ3v) is 3.80. The standard InChI is InChI=1S/C13H19Cl2N3S/c1-9(2)18-13(16)17-5-6-19-8-10-3-4-11(14)7-12(10)15/h3-4,7,9H,5-6,8H2,1-2H3,(H3,16,17,18). The minimum atomic E-state index is 0.310. The summed E-state index contributed by atoms with van der Waals surface area (Å²) < 4.78 is 0. The Bertz CT molecular complexity index is 436. The second kappa shape index (κ2) is 8.56. The van der Waals surface area contributed by atoms with Crippen molar-refractivity contribution in [2.75, 3.05) is 12.3 Å². The quantitative estimate of drug-likeness (QED) is 0.479. The number of thioether (sulfide) groups is 1. The smallest absolute Gasteiger partial charge is 0.188 e. The van der Waals surface area contributed by atoms with Crippen LogP contribution in [0.15, 0.2) is 23.2 Å². The number of nitrogens with two attached hydrogens (primary N) is 1. The molecule has 106 valence electrons. The Labute approximate surface area is 129 Å². The second-order valence-corrected chi connectivity index (χ2v) is 6.30. The maximum atomic E-state index is 6.09. The van der Waals surface area contributed by atoms with Crippen LogP contribution in [0.1, 0.15) is 19.4 Å². The molecule has 0 saturated heterocycles. The lowest BCUT2D eigenvalue weighted by atomic mass is 10.2. The highest BCUT2D eigenvalue weighted by molar-refractivity contribution is 7.98. The van der Waals surface area contributed by atoms with Crippen molar-refractivity contribution in [3.8, 4) is 0 Å². The molecule has 0 aromatic heterocycles. The van der Waals surface area contributed by atoms with Gasteiger partial charge in [0.2, 0.25) is 0 Å². The zero-order valence-electron chi connectivity index (χ0n) is 11.1. The van der Waals surface area contributed by atoms with Crippen molar-refractivity contribution in [3.63, 3.8) is 0 Å². The summed E-state index contributed by atoms with van der Waals surface area (Å²) in [4.78, 5) is 4.24. The fourth-order valence-corrected chi connectivity index (χ4v) is 2.78. The van der Waals surface area contributed by atoms with Gasteiger partial charge in [0, 0.05) is 27.6 Å². The Hall–Kier alpha value is -0.580. The van der Waals surface area contributed by atoms with Gasteiger partial charge in [-0.1, -0.05) is 29.3 Å². The van der Waals surface area contributed by atoms with Crippen LogP contribution in [-0.2, 0) is 5.75 Å². The van der Waals surface area contributed by atoms with Crippen LogP contribution in [0.3, 0.4) is 0 Å². The van der Waals surface area contributed by atoms with Gasteiger partial charge in [0.1, 0.15) is 0 Å². The maximum Gasteiger partial charge on any atom is 0.188 e. The molecule has 0 bridgehead atoms. The Balaban J connectivity index is 2.27. The van der Waals surface area contributed by atoms with Gasteiger partial charge < -0.3 is 11.1 Å². The Morgan fingerprint density at radius 3 is 2.79 bits per heavy atom. The molecule has 0 heterocycles. The number of halogens is 2. The first-order chi connectivity index (χ1) is 8.99. The first-order valence-corrected chi connectivity index (χ1v) is 7.98. The van der Waals surface area contributed by atoms with Crippen molar-refractivity contribution in [1.82, 2.24) is 5.32 Å². The number of aliphatic imine (C=N–C) groups is 1. The van der Waals surface area contributed by atoms with Crippen molar-refractivity contribution in [3.05, 3.63) is 33.8 Å². The second-order valence-electron chi connectivity index (χ2n) is 4.35. The SMILES string of the molecule is CC(C)NC(N)=NCCSCc1ccc(Cl)cc1Cl. The van der Waals surface area contributed by atoms with Crippen LogP contribution in [0.5, 0.6) is 0 Å². The normalized spacial score (nSPS) is 11.9. The molecular weight excluding hydrogens is 301 g/mol. The third kappa shape index (κ3) is 6.95. The van der Waals surface area contributed by atoms with Crippen LogP contribution >= 0.6 is 35.0 Å². The lowest BCUT2D eigenvalue weighted by Crippen LogP contribution is -2.36. The average Bonchev–Trinajstić information content (AvgIpc) is 2.30. The van der Waals surface area contributed by atoms with Crippen LogP contribution in [-0.4, -0.2) is 24.3 Å². The Morgan fingerprint density at radius 1 is 1.42 bits per heavy atom. The number of benzene rings is 1. The molecule has 0 aliphatic heterocycles. The largest absolute Gasteiger partial charge is 0.370 e. The van der Waals surface area contributed by atoms with E-state index in [9.17, 15) is 0 Å². The van der Waals surface area contributed by atoms with Crippen molar-refractivity contribution < 1.29 is 0 Å². The van der Waals surface area contributed by atoms with Gasteiger partial charge >= 0.3 is 0 Å². The molecule has 0 unspecified atom stereocenters. The first kappa shape index (κ1) is 16.5. The molecule has 0 amide bonds. The van der Waals surface area contributed by atoms with Gasteiger partial charge in [0.15, 0.2) is 5.96 Å². The van der Waals surface area contributed by atoms with E-state index in [4.69, 9.17) is 28.9 Å². The minimum absolute atomic E-state index is 0.310. The fraction of sp³-hybridized carbons (Fsp3) is 0.462. The molecule has 1 aromatic rings. The molecule has 3 nitrogen and oxygen atoms in total. The van der Waals surface area contributed by atoms with E-state index in [1.165, 1.54) is 0 Å². The van der Waals surface area contributed by atoms with E-state index in [1.807, 2.05) is 26.0 Å². The van der Waals surface area contributed by atoms with E-state index < -0.39 is 0 Å². The molecule has 0 aliphatic rings. The topological polar surface area (TPSA) is 50.4 Å². The van der Waals surface area contributed by atoms with Crippen LogP contribution in [0.2, 0.25) is 10.0 Å². The van der Waals surface area contributed by atoms with Gasteiger partial charge in [0.05, 0.1) is 6.54 Å². The molecule has 0 spiro atoms. The number of nitrogens with zero attached hydrogens (tertiary/aromatic N) is 1. The molecule has 0 radical (unpaired) electrons. The van der Waals surface area contributed by atoms with E-state index in [0.29, 0.717) is 28.6 Å². The van der Waals surface area contributed by atoms with Crippen molar-refractivity contribution in [2.24, 2.45) is 10.7 Å². The number of hydrogen-bond donors (Lipinski definition) is 2. The van der Waals surface area contributed by atoms with E-state index >= 15 is 0 Å². The Kier molecular flexibility index (Phi) is 7.42. The molecule has 6 heteroatoms. The number of hydrogen-bond acceptors (Lipinski definition) is 2. The summed E-state index contributed by atoms with van der Waals surface area (Å²) in [6.45, 7) is 4.75. The third-order valence-electron chi connectivity index (χ3n) is 2.23. The molecule has 0 saturated carbocycles. The summed E-state index contributed by atoms with van der Waals surface area (Å²) in [6.07, 6.45) is 0. The average molecular weight is 320 g/mol. The van der Waals surface area contributed by atoms with Gasteiger partial charge in [-0.2, -0.15) is 11.8 Å². The van der Waals surface area contributed by atoms with Crippen LogP contribution in [0, 0.1) is 0 Å². The summed E-state index contributed by atoms with van der Waals surface area (Å²) in [5.74, 6) is 2.25. The van der Waals surface area contributed by atoms with E-state index in [0.717, 1.165) is 17.1 Å².